The highest BCUT2D eigenvalue weighted by atomic mass is 127. The van der Waals surface area contributed by atoms with Gasteiger partial charge in [0.05, 0.1) is 0 Å². The summed E-state index contributed by atoms with van der Waals surface area (Å²) in [4.78, 5) is 14.1. The molecule has 0 spiro atoms. The van der Waals surface area contributed by atoms with Crippen molar-refractivity contribution in [3.05, 3.63) is 81.8 Å². The van der Waals surface area contributed by atoms with Gasteiger partial charge in [-0.15, -0.1) is 0 Å². The van der Waals surface area contributed by atoms with E-state index in [-0.39, 0.29) is 11.8 Å². The molecule has 2 aromatic rings. The minimum Gasteiger partial charge on any atom is -0.334 e. The van der Waals surface area contributed by atoms with Gasteiger partial charge in [-0.2, -0.15) is 0 Å². The number of carbonyl (C=O) groups is 1. The van der Waals surface area contributed by atoms with Crippen LogP contribution in [0.25, 0.3) is 0 Å². The maximum atomic E-state index is 12.2. The Balaban J connectivity index is 2.14. The molecule has 0 bridgehead atoms. The summed E-state index contributed by atoms with van der Waals surface area (Å²) in [7, 11) is 0. The highest BCUT2D eigenvalue weighted by Gasteiger charge is 2.30. The fraction of sp³-hybridized carbons (Fsp3) is 0.211. The molecule has 0 unspecified atom stereocenters. The second kappa shape index (κ2) is 7.18. The van der Waals surface area contributed by atoms with Crippen LogP contribution in [0.4, 0.5) is 0 Å². The van der Waals surface area contributed by atoms with Crippen LogP contribution in [-0.4, -0.2) is 17.4 Å². The standard InChI is InChI=1S/C19H17BrINO/c1-2-18(23)22-11-14-7-5-9-17(20)19(14)16(12-22)15-8-4-3-6-13(15)10-21/h2-9,16H,1,10-12H2/t16-/m1/s1. The van der Waals surface area contributed by atoms with Crippen LogP contribution in [0.5, 0.6) is 0 Å². The van der Waals surface area contributed by atoms with E-state index >= 15 is 0 Å². The molecule has 0 aromatic heterocycles. The lowest BCUT2D eigenvalue weighted by Crippen LogP contribution is -2.38. The lowest BCUT2D eigenvalue weighted by atomic mass is 9.83. The number of alkyl halides is 1. The summed E-state index contributed by atoms with van der Waals surface area (Å²) in [6.45, 7) is 4.97. The number of amides is 1. The molecule has 1 aliphatic rings. The van der Waals surface area contributed by atoms with Gasteiger partial charge in [-0.25, -0.2) is 0 Å². The quantitative estimate of drug-likeness (QED) is 0.341. The van der Waals surface area contributed by atoms with E-state index in [0.717, 1.165) is 8.90 Å². The van der Waals surface area contributed by atoms with Gasteiger partial charge >= 0.3 is 0 Å². The van der Waals surface area contributed by atoms with Crippen LogP contribution >= 0.6 is 38.5 Å². The Labute approximate surface area is 158 Å². The van der Waals surface area contributed by atoms with Crippen molar-refractivity contribution in [3.8, 4) is 0 Å². The monoisotopic (exact) mass is 481 g/mol. The Bertz CT molecular complexity index is 759. The van der Waals surface area contributed by atoms with Crippen molar-refractivity contribution in [1.29, 1.82) is 0 Å². The molecule has 1 heterocycles. The Morgan fingerprint density at radius 2 is 2.09 bits per heavy atom. The van der Waals surface area contributed by atoms with Crippen LogP contribution in [-0.2, 0) is 15.8 Å². The van der Waals surface area contributed by atoms with Crippen molar-refractivity contribution < 1.29 is 4.79 Å². The minimum atomic E-state index is -0.00687. The predicted molar refractivity (Wildman–Crippen MR) is 106 cm³/mol. The van der Waals surface area contributed by atoms with Gasteiger partial charge in [-0.3, -0.25) is 4.79 Å². The molecule has 1 atom stereocenters. The number of halogens is 2. The fourth-order valence-electron chi connectivity index (χ4n) is 3.24. The zero-order valence-electron chi connectivity index (χ0n) is 12.6. The highest BCUT2D eigenvalue weighted by molar-refractivity contribution is 14.1. The highest BCUT2D eigenvalue weighted by Crippen LogP contribution is 2.39. The van der Waals surface area contributed by atoms with Crippen molar-refractivity contribution in [1.82, 2.24) is 4.90 Å². The summed E-state index contributed by atoms with van der Waals surface area (Å²) in [6.07, 6.45) is 1.41. The van der Waals surface area contributed by atoms with Gasteiger partial charge in [0, 0.05) is 27.9 Å². The molecule has 118 valence electrons. The third kappa shape index (κ3) is 3.24. The number of rotatable bonds is 3. The Morgan fingerprint density at radius 1 is 1.30 bits per heavy atom. The summed E-state index contributed by atoms with van der Waals surface area (Å²) in [5, 5.41) is 0. The van der Waals surface area contributed by atoms with Crippen molar-refractivity contribution in [2.75, 3.05) is 6.54 Å². The van der Waals surface area contributed by atoms with Gasteiger partial charge in [0.2, 0.25) is 5.91 Å². The smallest absolute Gasteiger partial charge is 0.246 e. The van der Waals surface area contributed by atoms with E-state index < -0.39 is 0 Å². The van der Waals surface area contributed by atoms with Gasteiger partial charge in [-0.05, 0) is 34.4 Å². The topological polar surface area (TPSA) is 20.3 Å². The molecule has 0 radical (unpaired) electrons. The summed E-state index contributed by atoms with van der Waals surface area (Å²) in [5.74, 6) is 0.178. The van der Waals surface area contributed by atoms with Crippen molar-refractivity contribution in [2.45, 2.75) is 16.9 Å². The van der Waals surface area contributed by atoms with Crippen LogP contribution in [0.1, 0.15) is 28.2 Å². The number of hydrogen-bond acceptors (Lipinski definition) is 1. The molecule has 2 nitrogen and oxygen atoms in total. The zero-order chi connectivity index (χ0) is 16.4. The summed E-state index contributed by atoms with van der Waals surface area (Å²) >= 11 is 6.12. The summed E-state index contributed by atoms with van der Waals surface area (Å²) < 4.78 is 2.08. The van der Waals surface area contributed by atoms with E-state index in [9.17, 15) is 4.79 Å². The molecule has 0 saturated carbocycles. The maximum Gasteiger partial charge on any atom is 0.246 e. The molecule has 2 aromatic carbocycles. The van der Waals surface area contributed by atoms with Crippen LogP contribution in [0.15, 0.2) is 59.6 Å². The van der Waals surface area contributed by atoms with Gasteiger partial charge in [0.15, 0.2) is 0 Å². The Morgan fingerprint density at radius 3 is 2.83 bits per heavy atom. The van der Waals surface area contributed by atoms with Crippen LogP contribution in [0.2, 0.25) is 0 Å². The number of benzene rings is 2. The number of fused-ring (bicyclic) bond motifs is 1. The molecule has 3 rings (SSSR count). The molecule has 0 aliphatic carbocycles. The Hall–Kier alpha value is -1.14. The molecular formula is C19H17BrINO. The van der Waals surface area contributed by atoms with E-state index in [1.165, 1.54) is 28.3 Å². The molecule has 0 N–H and O–H groups in total. The first-order valence-corrected chi connectivity index (χ1v) is 9.80. The van der Waals surface area contributed by atoms with E-state index in [1.807, 2.05) is 11.0 Å². The first-order valence-electron chi connectivity index (χ1n) is 7.48. The van der Waals surface area contributed by atoms with Crippen molar-refractivity contribution in [2.24, 2.45) is 0 Å². The lowest BCUT2D eigenvalue weighted by Gasteiger charge is -2.36. The molecular weight excluding hydrogens is 465 g/mol. The van der Waals surface area contributed by atoms with Gasteiger partial charge in [0.25, 0.3) is 0 Å². The van der Waals surface area contributed by atoms with Crippen molar-refractivity contribution >= 4 is 44.4 Å². The molecule has 0 saturated heterocycles. The number of nitrogens with zero attached hydrogens (tertiary/aromatic N) is 1. The zero-order valence-corrected chi connectivity index (χ0v) is 16.4. The Kier molecular flexibility index (Phi) is 5.21. The average molecular weight is 482 g/mol. The lowest BCUT2D eigenvalue weighted by molar-refractivity contribution is -0.127. The van der Waals surface area contributed by atoms with Crippen LogP contribution < -0.4 is 0 Å². The average Bonchev–Trinajstić information content (AvgIpc) is 2.60. The third-order valence-electron chi connectivity index (χ3n) is 4.32. The van der Waals surface area contributed by atoms with Gasteiger partial charge < -0.3 is 4.90 Å². The predicted octanol–water partition coefficient (Wildman–Crippen LogP) is 5.04. The van der Waals surface area contributed by atoms with Crippen LogP contribution in [0, 0.1) is 0 Å². The normalized spacial score (nSPS) is 16.8. The van der Waals surface area contributed by atoms with E-state index in [4.69, 9.17) is 0 Å². The van der Waals surface area contributed by atoms with Gasteiger partial charge in [0.1, 0.15) is 0 Å². The molecule has 1 amide bonds. The third-order valence-corrected chi connectivity index (χ3v) is 5.83. The second-order valence-corrected chi connectivity index (χ2v) is 7.24. The number of hydrogen-bond donors (Lipinski definition) is 0. The van der Waals surface area contributed by atoms with E-state index in [2.05, 4.69) is 81.5 Å². The first-order chi connectivity index (χ1) is 11.2. The van der Waals surface area contributed by atoms with Gasteiger partial charge in [-0.1, -0.05) is 81.5 Å². The molecule has 23 heavy (non-hydrogen) atoms. The number of carbonyl (C=O) groups excluding carboxylic acids is 1. The summed E-state index contributed by atoms with van der Waals surface area (Å²) in [6, 6.07) is 14.7. The first kappa shape index (κ1) is 16.7. The molecule has 4 heteroatoms. The summed E-state index contributed by atoms with van der Waals surface area (Å²) in [5.41, 5.74) is 5.14. The molecule has 1 aliphatic heterocycles. The molecule has 0 fully saturated rings. The maximum absolute atomic E-state index is 12.2. The SMILES string of the molecule is C=CC(=O)N1Cc2cccc(Br)c2[C@@H](c2ccccc2CI)C1. The second-order valence-electron chi connectivity index (χ2n) is 5.62. The van der Waals surface area contributed by atoms with E-state index in [0.29, 0.717) is 13.1 Å². The van der Waals surface area contributed by atoms with Crippen molar-refractivity contribution in [3.63, 3.8) is 0 Å². The fourth-order valence-corrected chi connectivity index (χ4v) is 4.62. The van der Waals surface area contributed by atoms with E-state index in [1.54, 1.807) is 0 Å². The minimum absolute atomic E-state index is 0.00687. The largest absolute Gasteiger partial charge is 0.334 e. The van der Waals surface area contributed by atoms with Crippen LogP contribution in [0.3, 0.4) is 0 Å².